The van der Waals surface area contributed by atoms with Gasteiger partial charge in [0.1, 0.15) is 18.0 Å². The maximum atomic E-state index is 13.2. The van der Waals surface area contributed by atoms with Crippen LogP contribution >= 0.6 is 0 Å². The number of ether oxygens (including phenoxy) is 1. The number of hydrogen-bond donors (Lipinski definition) is 2. The molecule has 32 heavy (non-hydrogen) atoms. The van der Waals surface area contributed by atoms with E-state index in [9.17, 15) is 9.59 Å². The van der Waals surface area contributed by atoms with Gasteiger partial charge in [0.15, 0.2) is 0 Å². The molecule has 3 N–H and O–H groups in total. The van der Waals surface area contributed by atoms with Gasteiger partial charge in [0.05, 0.1) is 30.2 Å². The van der Waals surface area contributed by atoms with Gasteiger partial charge in [-0.1, -0.05) is 29.8 Å². The Balaban J connectivity index is 1.71. The van der Waals surface area contributed by atoms with Crippen molar-refractivity contribution in [3.63, 3.8) is 0 Å². The van der Waals surface area contributed by atoms with Crippen molar-refractivity contribution in [1.29, 1.82) is 0 Å². The van der Waals surface area contributed by atoms with Crippen LogP contribution in [0.3, 0.4) is 0 Å². The van der Waals surface area contributed by atoms with Crippen molar-refractivity contribution < 1.29 is 14.3 Å². The lowest BCUT2D eigenvalue weighted by Crippen LogP contribution is -2.18. The molecule has 0 saturated heterocycles. The number of carbonyl (C=O) groups is 2. The molecule has 0 radical (unpaired) electrons. The highest BCUT2D eigenvalue weighted by Gasteiger charge is 2.20. The number of aromatic nitrogens is 4. The number of nitrogens with one attached hydrogen (secondary N) is 1. The van der Waals surface area contributed by atoms with E-state index in [1.165, 1.54) is 17.1 Å². The molecule has 0 unspecified atom stereocenters. The highest BCUT2D eigenvalue weighted by atomic mass is 16.5. The monoisotopic (exact) mass is 430 g/mol. The van der Waals surface area contributed by atoms with Crippen LogP contribution in [0.5, 0.6) is 5.75 Å². The van der Waals surface area contributed by atoms with Crippen molar-refractivity contribution in [2.24, 2.45) is 5.73 Å². The lowest BCUT2D eigenvalue weighted by molar-refractivity contribution is -0.118. The molecule has 162 valence electrons. The topological polar surface area (TPSA) is 117 Å². The van der Waals surface area contributed by atoms with Gasteiger partial charge < -0.3 is 15.8 Å². The molecule has 4 aromatic rings. The Kier molecular flexibility index (Phi) is 5.71. The van der Waals surface area contributed by atoms with Gasteiger partial charge >= 0.3 is 0 Å². The van der Waals surface area contributed by atoms with Gasteiger partial charge in [-0.15, -0.1) is 0 Å². The van der Waals surface area contributed by atoms with Gasteiger partial charge in [0.25, 0.3) is 5.91 Å². The second kappa shape index (κ2) is 8.76. The summed E-state index contributed by atoms with van der Waals surface area (Å²) in [5, 5.41) is 11.5. The summed E-state index contributed by atoms with van der Waals surface area (Å²) >= 11 is 0. The van der Waals surface area contributed by atoms with E-state index in [1.54, 1.807) is 18.0 Å². The summed E-state index contributed by atoms with van der Waals surface area (Å²) in [6, 6.07) is 15.2. The molecular formula is C23H22N6O3. The first-order valence-corrected chi connectivity index (χ1v) is 9.86. The van der Waals surface area contributed by atoms with Crippen LogP contribution in [0.2, 0.25) is 0 Å². The zero-order valence-electron chi connectivity index (χ0n) is 17.6. The average molecular weight is 430 g/mol. The molecule has 0 fully saturated rings. The summed E-state index contributed by atoms with van der Waals surface area (Å²) in [7, 11) is 1.58. The number of nitrogens with zero attached hydrogens (tertiary/aromatic N) is 4. The largest absolute Gasteiger partial charge is 0.497 e. The number of methoxy groups -OCH3 is 1. The van der Waals surface area contributed by atoms with E-state index in [0.29, 0.717) is 22.7 Å². The van der Waals surface area contributed by atoms with Crippen molar-refractivity contribution >= 4 is 17.5 Å². The fourth-order valence-corrected chi connectivity index (χ4v) is 3.23. The second-order valence-corrected chi connectivity index (χ2v) is 7.25. The van der Waals surface area contributed by atoms with Crippen LogP contribution in [0.4, 0.5) is 5.69 Å². The second-order valence-electron chi connectivity index (χ2n) is 7.25. The number of nitrogens with two attached hydrogens (primary N) is 1. The Hall–Kier alpha value is -4.40. The summed E-state index contributed by atoms with van der Waals surface area (Å²) in [6.07, 6.45) is 4.68. The Bertz CT molecular complexity index is 1270. The maximum Gasteiger partial charge on any atom is 0.259 e. The molecule has 2 aromatic carbocycles. The molecule has 0 spiro atoms. The first kappa shape index (κ1) is 20.9. The smallest absolute Gasteiger partial charge is 0.259 e. The van der Waals surface area contributed by atoms with Crippen LogP contribution in [0, 0.1) is 6.92 Å². The third-order valence-corrected chi connectivity index (χ3v) is 4.81. The molecule has 0 aliphatic carbocycles. The van der Waals surface area contributed by atoms with Crippen LogP contribution in [-0.4, -0.2) is 38.5 Å². The molecule has 9 heteroatoms. The molecule has 9 nitrogen and oxygen atoms in total. The minimum absolute atomic E-state index is 0.0731. The van der Waals surface area contributed by atoms with Gasteiger partial charge in [0.2, 0.25) is 5.91 Å². The van der Waals surface area contributed by atoms with Crippen LogP contribution in [0.25, 0.3) is 16.9 Å². The van der Waals surface area contributed by atoms with E-state index in [2.05, 4.69) is 15.5 Å². The van der Waals surface area contributed by atoms with E-state index in [0.717, 1.165) is 16.8 Å². The molecule has 0 saturated carbocycles. The SMILES string of the molecule is COc1cccc(-c2nn(-c3ccc(C)cc3)cc2C(=O)Nc2cnn(CC(N)=O)c2)c1. The molecular weight excluding hydrogens is 408 g/mol. The number of hydrogen-bond acceptors (Lipinski definition) is 5. The molecule has 0 aliphatic heterocycles. The van der Waals surface area contributed by atoms with Gasteiger partial charge in [-0.25, -0.2) is 4.68 Å². The number of amides is 2. The molecule has 2 heterocycles. The Labute approximate surface area is 184 Å². The summed E-state index contributed by atoms with van der Waals surface area (Å²) in [4.78, 5) is 24.3. The van der Waals surface area contributed by atoms with Crippen LogP contribution < -0.4 is 15.8 Å². The Morgan fingerprint density at radius 1 is 1.12 bits per heavy atom. The first-order valence-electron chi connectivity index (χ1n) is 9.86. The normalized spacial score (nSPS) is 10.7. The summed E-state index contributed by atoms with van der Waals surface area (Å²) < 4.78 is 8.35. The predicted molar refractivity (Wildman–Crippen MR) is 120 cm³/mol. The minimum atomic E-state index is -0.523. The van der Waals surface area contributed by atoms with Gasteiger partial charge in [0, 0.05) is 18.0 Å². The number of rotatable bonds is 7. The third-order valence-electron chi connectivity index (χ3n) is 4.81. The predicted octanol–water partition coefficient (Wildman–Crippen LogP) is 2.79. The summed E-state index contributed by atoms with van der Waals surface area (Å²) in [6.45, 7) is 1.93. The lowest BCUT2D eigenvalue weighted by Gasteiger charge is -2.05. The fourth-order valence-electron chi connectivity index (χ4n) is 3.23. The highest BCUT2D eigenvalue weighted by molar-refractivity contribution is 6.08. The zero-order chi connectivity index (χ0) is 22.7. The third kappa shape index (κ3) is 4.51. The number of aryl methyl sites for hydroxylation is 1. The number of anilines is 1. The number of carbonyl (C=O) groups excluding carboxylic acids is 2. The van der Waals surface area contributed by atoms with E-state index < -0.39 is 5.91 Å². The van der Waals surface area contributed by atoms with Crippen LogP contribution in [-0.2, 0) is 11.3 Å². The zero-order valence-corrected chi connectivity index (χ0v) is 17.6. The standard InChI is InChI=1S/C23H22N6O3/c1-15-6-8-18(9-7-15)29-13-20(22(27-29)16-4-3-5-19(10-16)32-2)23(31)26-17-11-25-28(12-17)14-21(24)30/h3-13H,14H2,1-2H3,(H2,24,30)(H,26,31). The Morgan fingerprint density at radius 3 is 2.62 bits per heavy atom. The average Bonchev–Trinajstić information content (AvgIpc) is 3.41. The minimum Gasteiger partial charge on any atom is -0.497 e. The van der Waals surface area contributed by atoms with Crippen molar-refractivity contribution in [2.75, 3.05) is 12.4 Å². The number of primary amides is 1. The molecule has 0 bridgehead atoms. The highest BCUT2D eigenvalue weighted by Crippen LogP contribution is 2.27. The Morgan fingerprint density at radius 2 is 1.91 bits per heavy atom. The molecule has 4 rings (SSSR count). The van der Waals surface area contributed by atoms with Crippen molar-refractivity contribution in [3.05, 3.63) is 78.2 Å². The van der Waals surface area contributed by atoms with Gasteiger partial charge in [-0.05, 0) is 31.2 Å². The molecule has 0 atom stereocenters. The van der Waals surface area contributed by atoms with Crippen LogP contribution in [0.15, 0.2) is 67.1 Å². The van der Waals surface area contributed by atoms with Gasteiger partial charge in [-0.3, -0.25) is 14.3 Å². The van der Waals surface area contributed by atoms with Gasteiger partial charge in [-0.2, -0.15) is 10.2 Å². The van der Waals surface area contributed by atoms with E-state index in [-0.39, 0.29) is 12.5 Å². The summed E-state index contributed by atoms with van der Waals surface area (Å²) in [5.74, 6) is -0.225. The first-order chi connectivity index (χ1) is 15.4. The van der Waals surface area contributed by atoms with E-state index in [1.807, 2.05) is 55.5 Å². The van der Waals surface area contributed by atoms with Crippen molar-refractivity contribution in [1.82, 2.24) is 19.6 Å². The van der Waals surface area contributed by atoms with Crippen molar-refractivity contribution in [3.8, 4) is 22.7 Å². The molecule has 0 aliphatic rings. The molecule has 2 aromatic heterocycles. The van der Waals surface area contributed by atoms with E-state index >= 15 is 0 Å². The van der Waals surface area contributed by atoms with Crippen LogP contribution in [0.1, 0.15) is 15.9 Å². The molecule has 2 amide bonds. The quantitative estimate of drug-likeness (QED) is 0.468. The number of benzene rings is 2. The van der Waals surface area contributed by atoms with E-state index in [4.69, 9.17) is 10.5 Å². The fraction of sp³-hybridized carbons (Fsp3) is 0.130. The lowest BCUT2D eigenvalue weighted by atomic mass is 10.1. The van der Waals surface area contributed by atoms with Crippen molar-refractivity contribution in [2.45, 2.75) is 13.5 Å². The summed E-state index contributed by atoms with van der Waals surface area (Å²) in [5.41, 5.74) is 9.21. The maximum absolute atomic E-state index is 13.2.